The summed E-state index contributed by atoms with van der Waals surface area (Å²) in [4.78, 5) is 10.9. The highest BCUT2D eigenvalue weighted by atomic mass is 16.4. The summed E-state index contributed by atoms with van der Waals surface area (Å²) >= 11 is 0. The van der Waals surface area contributed by atoms with Crippen molar-refractivity contribution in [3.05, 3.63) is 23.2 Å². The molecule has 100 valence electrons. The van der Waals surface area contributed by atoms with Crippen molar-refractivity contribution >= 4 is 5.97 Å². The molecule has 1 aromatic heterocycles. The van der Waals surface area contributed by atoms with Crippen molar-refractivity contribution in [1.82, 2.24) is 5.32 Å². The van der Waals surface area contributed by atoms with Crippen molar-refractivity contribution in [1.29, 1.82) is 0 Å². The number of hydrogen-bond donors (Lipinski definition) is 2. The molecule has 1 aliphatic carbocycles. The highest BCUT2D eigenvalue weighted by molar-refractivity contribution is 5.88. The average Bonchev–Trinajstić information content (AvgIpc) is 2.94. The predicted octanol–water partition coefficient (Wildman–Crippen LogP) is 2.95. The lowest BCUT2D eigenvalue weighted by atomic mass is 10.00. The van der Waals surface area contributed by atoms with Gasteiger partial charge < -0.3 is 14.8 Å². The molecule has 0 radical (unpaired) electrons. The van der Waals surface area contributed by atoms with Crippen LogP contribution in [0.5, 0.6) is 0 Å². The summed E-state index contributed by atoms with van der Waals surface area (Å²) in [6, 6.07) is 2.08. The average molecular weight is 251 g/mol. The van der Waals surface area contributed by atoms with Crippen LogP contribution in [0, 0.1) is 12.8 Å². The van der Waals surface area contributed by atoms with Crippen LogP contribution in [-0.2, 0) is 6.54 Å². The standard InChI is InChI=1S/C14H21NO3/c1-9(11-5-3-4-6-11)15-8-12-7-13(14(16)17)10(2)18-12/h7,9,11,15H,3-6,8H2,1-2H3,(H,16,17)/t9-/m0/s1. The minimum atomic E-state index is -0.925. The maximum atomic E-state index is 10.9. The van der Waals surface area contributed by atoms with Crippen LogP contribution in [0.2, 0.25) is 0 Å². The number of carboxylic acids is 1. The van der Waals surface area contributed by atoms with Crippen molar-refractivity contribution in [2.75, 3.05) is 0 Å². The Bertz CT molecular complexity index is 419. The summed E-state index contributed by atoms with van der Waals surface area (Å²) < 4.78 is 5.45. The maximum Gasteiger partial charge on any atom is 0.339 e. The molecule has 4 nitrogen and oxygen atoms in total. The molecule has 0 saturated heterocycles. The quantitative estimate of drug-likeness (QED) is 0.844. The van der Waals surface area contributed by atoms with E-state index in [1.54, 1.807) is 13.0 Å². The zero-order valence-electron chi connectivity index (χ0n) is 11.0. The summed E-state index contributed by atoms with van der Waals surface area (Å²) in [6.07, 6.45) is 5.26. The molecule has 0 unspecified atom stereocenters. The Balaban J connectivity index is 1.89. The Morgan fingerprint density at radius 1 is 1.56 bits per heavy atom. The lowest BCUT2D eigenvalue weighted by Crippen LogP contribution is -2.31. The van der Waals surface area contributed by atoms with E-state index in [4.69, 9.17) is 9.52 Å². The van der Waals surface area contributed by atoms with Crippen molar-refractivity contribution < 1.29 is 14.3 Å². The van der Waals surface area contributed by atoms with Gasteiger partial charge in [0.05, 0.1) is 6.54 Å². The molecular weight excluding hydrogens is 230 g/mol. The molecule has 0 spiro atoms. The second-order valence-electron chi connectivity index (χ2n) is 5.20. The van der Waals surface area contributed by atoms with Crippen LogP contribution in [0.25, 0.3) is 0 Å². The first-order chi connectivity index (χ1) is 8.58. The molecule has 0 amide bonds. The number of nitrogens with one attached hydrogen (secondary N) is 1. The van der Waals surface area contributed by atoms with E-state index in [0.717, 1.165) is 5.92 Å². The lowest BCUT2D eigenvalue weighted by Gasteiger charge is -2.19. The zero-order chi connectivity index (χ0) is 13.1. The monoisotopic (exact) mass is 251 g/mol. The van der Waals surface area contributed by atoms with Crippen LogP contribution < -0.4 is 5.32 Å². The van der Waals surface area contributed by atoms with Crippen molar-refractivity contribution in [2.45, 2.75) is 52.1 Å². The Kier molecular flexibility index (Phi) is 4.07. The summed E-state index contributed by atoms with van der Waals surface area (Å²) in [7, 11) is 0. The smallest absolute Gasteiger partial charge is 0.339 e. The molecule has 0 aliphatic heterocycles. The zero-order valence-corrected chi connectivity index (χ0v) is 11.0. The molecule has 18 heavy (non-hydrogen) atoms. The molecule has 1 aromatic rings. The number of rotatable bonds is 5. The predicted molar refractivity (Wildman–Crippen MR) is 68.7 cm³/mol. The van der Waals surface area contributed by atoms with E-state index in [1.807, 2.05) is 0 Å². The molecule has 1 fully saturated rings. The van der Waals surface area contributed by atoms with E-state index < -0.39 is 5.97 Å². The van der Waals surface area contributed by atoms with Gasteiger partial charge in [-0.15, -0.1) is 0 Å². The fourth-order valence-corrected chi connectivity index (χ4v) is 2.73. The van der Waals surface area contributed by atoms with Crippen LogP contribution in [0.4, 0.5) is 0 Å². The second-order valence-corrected chi connectivity index (χ2v) is 5.20. The van der Waals surface area contributed by atoms with Gasteiger partial charge in [-0.2, -0.15) is 0 Å². The molecule has 2 N–H and O–H groups in total. The Morgan fingerprint density at radius 2 is 2.22 bits per heavy atom. The van der Waals surface area contributed by atoms with Gasteiger partial charge >= 0.3 is 5.97 Å². The van der Waals surface area contributed by atoms with Gasteiger partial charge in [0.15, 0.2) is 0 Å². The van der Waals surface area contributed by atoms with Crippen molar-refractivity contribution in [2.24, 2.45) is 5.92 Å². The third kappa shape index (κ3) is 2.93. The SMILES string of the molecule is Cc1oc(CN[C@@H](C)C2CCCC2)cc1C(=O)O. The fourth-order valence-electron chi connectivity index (χ4n) is 2.73. The third-order valence-electron chi connectivity index (χ3n) is 3.90. The van der Waals surface area contributed by atoms with Gasteiger partial charge in [0.2, 0.25) is 0 Å². The van der Waals surface area contributed by atoms with E-state index in [0.29, 0.717) is 24.1 Å². The normalized spacial score (nSPS) is 18.1. The van der Waals surface area contributed by atoms with Gasteiger partial charge in [0.25, 0.3) is 0 Å². The van der Waals surface area contributed by atoms with E-state index in [1.165, 1.54) is 25.7 Å². The van der Waals surface area contributed by atoms with Gasteiger partial charge in [0, 0.05) is 6.04 Å². The summed E-state index contributed by atoms with van der Waals surface area (Å²) in [5, 5.41) is 12.4. The Labute approximate surface area is 107 Å². The Hall–Kier alpha value is -1.29. The number of furan rings is 1. The highest BCUT2D eigenvalue weighted by Gasteiger charge is 2.21. The maximum absolute atomic E-state index is 10.9. The number of hydrogen-bond acceptors (Lipinski definition) is 3. The van der Waals surface area contributed by atoms with Crippen LogP contribution in [0.3, 0.4) is 0 Å². The first kappa shape index (κ1) is 13.1. The Morgan fingerprint density at radius 3 is 2.78 bits per heavy atom. The molecule has 1 saturated carbocycles. The molecule has 0 bridgehead atoms. The van der Waals surface area contributed by atoms with E-state index >= 15 is 0 Å². The summed E-state index contributed by atoms with van der Waals surface area (Å²) in [6.45, 7) is 4.49. The van der Waals surface area contributed by atoms with Gasteiger partial charge in [-0.1, -0.05) is 12.8 Å². The highest BCUT2D eigenvalue weighted by Crippen LogP contribution is 2.27. The molecule has 0 aromatic carbocycles. The summed E-state index contributed by atoms with van der Waals surface area (Å²) in [5.74, 6) is 1.01. The van der Waals surface area contributed by atoms with Gasteiger partial charge in [-0.05, 0) is 38.7 Å². The van der Waals surface area contributed by atoms with Crippen molar-refractivity contribution in [3.63, 3.8) is 0 Å². The molecule has 1 aliphatic rings. The van der Waals surface area contributed by atoms with E-state index in [2.05, 4.69) is 12.2 Å². The molecule has 2 rings (SSSR count). The minimum absolute atomic E-state index is 0.264. The topological polar surface area (TPSA) is 62.5 Å². The fraction of sp³-hybridized carbons (Fsp3) is 0.643. The first-order valence-corrected chi connectivity index (χ1v) is 6.64. The van der Waals surface area contributed by atoms with Gasteiger partial charge in [-0.25, -0.2) is 4.79 Å². The third-order valence-corrected chi connectivity index (χ3v) is 3.90. The summed E-state index contributed by atoms with van der Waals surface area (Å²) in [5.41, 5.74) is 0.264. The van der Waals surface area contributed by atoms with E-state index in [9.17, 15) is 4.79 Å². The number of aryl methyl sites for hydroxylation is 1. The molecule has 1 atom stereocenters. The molecule has 1 heterocycles. The van der Waals surface area contributed by atoms with Crippen LogP contribution >= 0.6 is 0 Å². The number of aromatic carboxylic acids is 1. The molecular formula is C14H21NO3. The lowest BCUT2D eigenvalue weighted by molar-refractivity contribution is 0.0695. The number of carboxylic acid groups (broad SMARTS) is 1. The largest absolute Gasteiger partial charge is 0.478 e. The minimum Gasteiger partial charge on any atom is -0.478 e. The van der Waals surface area contributed by atoms with Crippen LogP contribution in [-0.4, -0.2) is 17.1 Å². The molecule has 4 heteroatoms. The van der Waals surface area contributed by atoms with Crippen LogP contribution in [0.1, 0.15) is 54.5 Å². The van der Waals surface area contributed by atoms with Gasteiger partial charge in [0.1, 0.15) is 17.1 Å². The van der Waals surface area contributed by atoms with Crippen molar-refractivity contribution in [3.8, 4) is 0 Å². The first-order valence-electron chi connectivity index (χ1n) is 6.64. The van der Waals surface area contributed by atoms with E-state index in [-0.39, 0.29) is 5.56 Å². The van der Waals surface area contributed by atoms with Crippen LogP contribution in [0.15, 0.2) is 10.5 Å². The second kappa shape index (κ2) is 5.57. The number of carbonyl (C=O) groups is 1. The van der Waals surface area contributed by atoms with Gasteiger partial charge in [-0.3, -0.25) is 0 Å².